The molecule has 0 saturated heterocycles. The number of esters is 2. The van der Waals surface area contributed by atoms with E-state index in [1.54, 1.807) is 6.92 Å². The molecule has 0 fully saturated rings. The molecule has 1 atom stereocenters. The number of hydrogen-bond acceptors (Lipinski definition) is 9. The second kappa shape index (κ2) is 11.8. The van der Waals surface area contributed by atoms with E-state index >= 15 is 0 Å². The zero-order valence-electron chi connectivity index (χ0n) is 16.3. The van der Waals surface area contributed by atoms with Crippen molar-refractivity contribution in [2.75, 3.05) is 27.4 Å². The molecular formula is C18H26N2O8. The van der Waals surface area contributed by atoms with E-state index in [0.717, 1.165) is 0 Å². The van der Waals surface area contributed by atoms with Gasteiger partial charge in [0, 0.05) is 12.8 Å². The predicted molar refractivity (Wildman–Crippen MR) is 99.2 cm³/mol. The molecule has 0 spiro atoms. The number of carbonyl (C=O) groups excluding carboxylic acids is 2. The van der Waals surface area contributed by atoms with E-state index in [-0.39, 0.29) is 48.2 Å². The monoisotopic (exact) mass is 398 g/mol. The Hall–Kier alpha value is -2.88. The van der Waals surface area contributed by atoms with Crippen LogP contribution in [0.25, 0.3) is 0 Å². The van der Waals surface area contributed by atoms with Gasteiger partial charge in [0.1, 0.15) is 6.10 Å². The Bertz CT molecular complexity index is 692. The van der Waals surface area contributed by atoms with Crippen molar-refractivity contribution in [3.63, 3.8) is 0 Å². The number of hydrogen-bond donors (Lipinski definition) is 1. The highest BCUT2D eigenvalue weighted by atomic mass is 16.6. The molecule has 10 heteroatoms. The van der Waals surface area contributed by atoms with E-state index in [4.69, 9.17) is 19.9 Å². The molecule has 156 valence electrons. The lowest BCUT2D eigenvalue weighted by Crippen LogP contribution is -2.12. The van der Waals surface area contributed by atoms with Gasteiger partial charge in [0.25, 0.3) is 5.69 Å². The van der Waals surface area contributed by atoms with Crippen LogP contribution in [-0.4, -0.2) is 44.2 Å². The average Bonchev–Trinajstić information content (AvgIpc) is 2.68. The molecule has 1 rings (SSSR count). The molecular weight excluding hydrogens is 372 g/mol. The summed E-state index contributed by atoms with van der Waals surface area (Å²) in [5.41, 5.74) is 5.28. The number of nitrogens with zero attached hydrogens (tertiary/aromatic N) is 1. The molecule has 1 aromatic rings. The Labute approximate surface area is 163 Å². The average molecular weight is 398 g/mol. The number of rotatable bonds is 12. The number of benzene rings is 1. The van der Waals surface area contributed by atoms with Crippen molar-refractivity contribution < 1.29 is 33.5 Å². The summed E-state index contributed by atoms with van der Waals surface area (Å²) >= 11 is 0. The Morgan fingerprint density at radius 2 is 1.82 bits per heavy atom. The van der Waals surface area contributed by atoms with Crippen LogP contribution in [0, 0.1) is 10.1 Å². The molecule has 0 saturated carbocycles. The van der Waals surface area contributed by atoms with E-state index < -0.39 is 17.0 Å². The molecule has 0 heterocycles. The topological polar surface area (TPSA) is 140 Å². The summed E-state index contributed by atoms with van der Waals surface area (Å²) in [5, 5.41) is 11.5. The van der Waals surface area contributed by atoms with Crippen LogP contribution in [0.5, 0.6) is 11.5 Å². The van der Waals surface area contributed by atoms with Gasteiger partial charge in [-0.1, -0.05) is 0 Å². The SMILES string of the molecule is COC(=O)CCCOc1cc([N+](=O)[O-])c(C(C)OC(=O)CCCN)cc1OC. The minimum Gasteiger partial charge on any atom is -0.493 e. The van der Waals surface area contributed by atoms with Gasteiger partial charge in [0.15, 0.2) is 11.5 Å². The van der Waals surface area contributed by atoms with E-state index in [2.05, 4.69) is 4.74 Å². The summed E-state index contributed by atoms with van der Waals surface area (Å²) in [5.74, 6) is -0.454. The number of nitrogens with two attached hydrogens (primary N) is 1. The van der Waals surface area contributed by atoms with E-state index in [1.807, 2.05) is 0 Å². The third-order valence-corrected chi connectivity index (χ3v) is 3.85. The van der Waals surface area contributed by atoms with Gasteiger partial charge in [-0.05, 0) is 32.4 Å². The van der Waals surface area contributed by atoms with E-state index in [9.17, 15) is 19.7 Å². The largest absolute Gasteiger partial charge is 0.493 e. The van der Waals surface area contributed by atoms with Crippen LogP contribution in [0.2, 0.25) is 0 Å². The van der Waals surface area contributed by atoms with Crippen LogP contribution < -0.4 is 15.2 Å². The van der Waals surface area contributed by atoms with Gasteiger partial charge >= 0.3 is 11.9 Å². The zero-order valence-corrected chi connectivity index (χ0v) is 16.3. The Balaban J connectivity index is 2.98. The molecule has 1 aromatic carbocycles. The maximum absolute atomic E-state index is 11.8. The van der Waals surface area contributed by atoms with Crippen molar-refractivity contribution in [2.24, 2.45) is 5.73 Å². The Morgan fingerprint density at radius 1 is 1.14 bits per heavy atom. The lowest BCUT2D eigenvalue weighted by atomic mass is 10.1. The fraction of sp³-hybridized carbons (Fsp3) is 0.556. The Morgan fingerprint density at radius 3 is 2.39 bits per heavy atom. The molecule has 0 aliphatic rings. The third kappa shape index (κ3) is 7.03. The summed E-state index contributed by atoms with van der Waals surface area (Å²) in [4.78, 5) is 33.8. The van der Waals surface area contributed by atoms with Gasteiger partial charge in [-0.25, -0.2) is 0 Å². The second-order valence-corrected chi connectivity index (χ2v) is 5.87. The maximum Gasteiger partial charge on any atom is 0.306 e. The molecule has 10 nitrogen and oxygen atoms in total. The van der Waals surface area contributed by atoms with Gasteiger partial charge in [0.05, 0.1) is 37.4 Å². The summed E-state index contributed by atoms with van der Waals surface area (Å²) in [7, 11) is 2.68. The van der Waals surface area contributed by atoms with Crippen LogP contribution in [0.3, 0.4) is 0 Å². The minimum absolute atomic E-state index is 0.132. The number of methoxy groups -OCH3 is 2. The van der Waals surface area contributed by atoms with Gasteiger partial charge in [-0.15, -0.1) is 0 Å². The molecule has 1 unspecified atom stereocenters. The van der Waals surface area contributed by atoms with E-state index in [1.165, 1.54) is 26.4 Å². The molecule has 0 aliphatic carbocycles. The van der Waals surface area contributed by atoms with Crippen LogP contribution in [0.15, 0.2) is 12.1 Å². The van der Waals surface area contributed by atoms with Crippen molar-refractivity contribution >= 4 is 17.6 Å². The minimum atomic E-state index is -0.854. The predicted octanol–water partition coefficient (Wildman–Crippen LogP) is 2.28. The summed E-state index contributed by atoms with van der Waals surface area (Å²) < 4.78 is 20.6. The second-order valence-electron chi connectivity index (χ2n) is 5.87. The molecule has 0 aromatic heterocycles. The Kier molecular flexibility index (Phi) is 9.72. The number of nitro benzene ring substituents is 1. The summed E-state index contributed by atoms with van der Waals surface area (Å²) in [6.45, 7) is 2.03. The number of carbonyl (C=O) groups is 2. The highest BCUT2D eigenvalue weighted by Crippen LogP contribution is 2.38. The third-order valence-electron chi connectivity index (χ3n) is 3.85. The zero-order chi connectivity index (χ0) is 21.1. The normalized spacial score (nSPS) is 11.4. The molecule has 28 heavy (non-hydrogen) atoms. The first-order valence-corrected chi connectivity index (χ1v) is 8.79. The maximum atomic E-state index is 11.8. The molecule has 0 aliphatic heterocycles. The molecule has 0 bridgehead atoms. The lowest BCUT2D eigenvalue weighted by Gasteiger charge is -2.17. The van der Waals surface area contributed by atoms with Gasteiger partial charge < -0.3 is 24.7 Å². The first-order valence-electron chi connectivity index (χ1n) is 8.79. The first-order chi connectivity index (χ1) is 13.3. The quantitative estimate of drug-likeness (QED) is 0.243. The number of ether oxygens (including phenoxy) is 4. The first kappa shape index (κ1) is 23.2. The van der Waals surface area contributed by atoms with Crippen LogP contribution in [-0.2, 0) is 19.1 Å². The van der Waals surface area contributed by atoms with Crippen LogP contribution >= 0.6 is 0 Å². The van der Waals surface area contributed by atoms with Crippen LogP contribution in [0.1, 0.15) is 44.3 Å². The van der Waals surface area contributed by atoms with E-state index in [0.29, 0.717) is 19.4 Å². The van der Waals surface area contributed by atoms with Gasteiger partial charge in [-0.3, -0.25) is 19.7 Å². The standard InChI is InChI=1S/C18H26N2O8/c1-12(28-18(22)6-4-8-19)13-10-15(25-2)16(11-14(13)20(23)24)27-9-5-7-17(21)26-3/h10-12H,4-9,19H2,1-3H3. The molecule has 2 N–H and O–H groups in total. The van der Waals surface area contributed by atoms with Gasteiger partial charge in [-0.2, -0.15) is 0 Å². The fourth-order valence-corrected chi connectivity index (χ4v) is 2.39. The summed E-state index contributed by atoms with van der Waals surface area (Å²) in [6.07, 6.45) is 0.283. The lowest BCUT2D eigenvalue weighted by molar-refractivity contribution is -0.386. The molecule has 0 radical (unpaired) electrons. The van der Waals surface area contributed by atoms with Crippen molar-refractivity contribution in [1.82, 2.24) is 0 Å². The molecule has 0 amide bonds. The van der Waals surface area contributed by atoms with Gasteiger partial charge in [0.2, 0.25) is 0 Å². The van der Waals surface area contributed by atoms with Crippen molar-refractivity contribution in [2.45, 2.75) is 38.7 Å². The fourth-order valence-electron chi connectivity index (χ4n) is 2.39. The highest BCUT2D eigenvalue weighted by molar-refractivity contribution is 5.70. The number of nitro groups is 1. The van der Waals surface area contributed by atoms with Crippen molar-refractivity contribution in [3.05, 3.63) is 27.8 Å². The highest BCUT2D eigenvalue weighted by Gasteiger charge is 2.26. The van der Waals surface area contributed by atoms with Crippen LogP contribution in [0.4, 0.5) is 5.69 Å². The smallest absolute Gasteiger partial charge is 0.306 e. The van der Waals surface area contributed by atoms with Crippen molar-refractivity contribution in [3.8, 4) is 11.5 Å². The summed E-state index contributed by atoms with van der Waals surface area (Å²) in [6, 6.07) is 2.63. The van der Waals surface area contributed by atoms with Crippen molar-refractivity contribution in [1.29, 1.82) is 0 Å².